The van der Waals surface area contributed by atoms with Crippen LogP contribution >= 0.6 is 0 Å². The second-order valence-corrected chi connectivity index (χ2v) is 4.85. The first-order valence-corrected chi connectivity index (χ1v) is 5.89. The van der Waals surface area contributed by atoms with Crippen molar-refractivity contribution in [1.82, 2.24) is 0 Å². The van der Waals surface area contributed by atoms with Crippen LogP contribution in [0.15, 0.2) is 0 Å². The van der Waals surface area contributed by atoms with Gasteiger partial charge in [-0.1, -0.05) is 13.8 Å². The molecule has 2 atom stereocenters. The van der Waals surface area contributed by atoms with Crippen LogP contribution in [0.2, 0.25) is 0 Å². The van der Waals surface area contributed by atoms with E-state index in [1.807, 2.05) is 0 Å². The molecule has 1 aliphatic carbocycles. The molecule has 1 N–H and O–H groups in total. The Morgan fingerprint density at radius 3 is 2.80 bits per heavy atom. The van der Waals surface area contributed by atoms with Crippen molar-refractivity contribution in [3.05, 3.63) is 0 Å². The normalized spacial score (nSPS) is 31.7. The van der Waals surface area contributed by atoms with E-state index in [1.54, 1.807) is 6.92 Å². The van der Waals surface area contributed by atoms with E-state index < -0.39 is 11.6 Å². The SMILES string of the molecule is CCOC(=O)C1(O)CCCC(C(C)C)C1. The maximum atomic E-state index is 11.6. The van der Waals surface area contributed by atoms with Gasteiger partial charge in [-0.15, -0.1) is 0 Å². The summed E-state index contributed by atoms with van der Waals surface area (Å²) >= 11 is 0. The molecule has 0 aromatic rings. The fourth-order valence-corrected chi connectivity index (χ4v) is 2.31. The summed E-state index contributed by atoms with van der Waals surface area (Å²) in [6.07, 6.45) is 3.14. The summed E-state index contributed by atoms with van der Waals surface area (Å²) in [4.78, 5) is 11.6. The molecule has 2 unspecified atom stereocenters. The second kappa shape index (κ2) is 4.97. The lowest BCUT2D eigenvalue weighted by molar-refractivity contribution is -0.170. The maximum Gasteiger partial charge on any atom is 0.338 e. The number of ether oxygens (including phenoxy) is 1. The van der Waals surface area contributed by atoms with Crippen molar-refractivity contribution in [3.8, 4) is 0 Å². The highest BCUT2D eigenvalue weighted by atomic mass is 16.5. The van der Waals surface area contributed by atoms with Crippen LogP contribution in [-0.2, 0) is 9.53 Å². The van der Waals surface area contributed by atoms with Gasteiger partial charge in [-0.3, -0.25) is 0 Å². The van der Waals surface area contributed by atoms with Gasteiger partial charge >= 0.3 is 5.97 Å². The number of esters is 1. The van der Waals surface area contributed by atoms with E-state index in [-0.39, 0.29) is 0 Å². The first-order valence-electron chi connectivity index (χ1n) is 5.89. The van der Waals surface area contributed by atoms with E-state index in [0.717, 1.165) is 12.8 Å². The number of carbonyl (C=O) groups is 1. The van der Waals surface area contributed by atoms with Crippen LogP contribution in [0.1, 0.15) is 46.5 Å². The van der Waals surface area contributed by atoms with Crippen molar-refractivity contribution >= 4 is 5.97 Å². The van der Waals surface area contributed by atoms with E-state index in [2.05, 4.69) is 13.8 Å². The van der Waals surface area contributed by atoms with Gasteiger partial charge in [-0.2, -0.15) is 0 Å². The average molecular weight is 214 g/mol. The van der Waals surface area contributed by atoms with Crippen molar-refractivity contribution in [3.63, 3.8) is 0 Å². The van der Waals surface area contributed by atoms with Crippen LogP contribution in [0.5, 0.6) is 0 Å². The summed E-state index contributed by atoms with van der Waals surface area (Å²) in [6, 6.07) is 0. The maximum absolute atomic E-state index is 11.6. The van der Waals surface area contributed by atoms with Crippen molar-refractivity contribution in [2.75, 3.05) is 6.61 Å². The molecule has 3 heteroatoms. The molecule has 0 radical (unpaired) electrons. The summed E-state index contributed by atoms with van der Waals surface area (Å²) in [5.74, 6) is 0.523. The second-order valence-electron chi connectivity index (χ2n) is 4.85. The summed E-state index contributed by atoms with van der Waals surface area (Å²) in [7, 11) is 0. The summed E-state index contributed by atoms with van der Waals surface area (Å²) in [5.41, 5.74) is -1.22. The van der Waals surface area contributed by atoms with E-state index >= 15 is 0 Å². The summed E-state index contributed by atoms with van der Waals surface area (Å²) < 4.78 is 4.92. The quantitative estimate of drug-likeness (QED) is 0.732. The van der Waals surface area contributed by atoms with Gasteiger partial charge in [-0.05, 0) is 44.4 Å². The lowest BCUT2D eigenvalue weighted by Gasteiger charge is -2.36. The Hall–Kier alpha value is -0.570. The van der Waals surface area contributed by atoms with Crippen molar-refractivity contribution in [2.24, 2.45) is 11.8 Å². The van der Waals surface area contributed by atoms with E-state index in [1.165, 1.54) is 0 Å². The fraction of sp³-hybridized carbons (Fsp3) is 0.917. The monoisotopic (exact) mass is 214 g/mol. The first kappa shape index (κ1) is 12.5. The third kappa shape index (κ3) is 2.94. The largest absolute Gasteiger partial charge is 0.464 e. The van der Waals surface area contributed by atoms with Gasteiger partial charge in [0.05, 0.1) is 6.61 Å². The predicted octanol–water partition coefficient (Wildman–Crippen LogP) is 2.13. The molecular formula is C12H22O3. The van der Waals surface area contributed by atoms with Gasteiger partial charge in [0, 0.05) is 0 Å². The Balaban J connectivity index is 2.63. The lowest BCUT2D eigenvalue weighted by Crippen LogP contribution is -2.45. The molecule has 0 aliphatic heterocycles. The zero-order chi connectivity index (χ0) is 11.5. The standard InChI is InChI=1S/C12H22O3/c1-4-15-11(13)12(14)7-5-6-10(8-12)9(2)3/h9-10,14H,4-8H2,1-3H3. The molecule has 1 aliphatic rings. The molecule has 88 valence electrons. The van der Waals surface area contributed by atoms with Gasteiger partial charge in [0.15, 0.2) is 5.60 Å². The van der Waals surface area contributed by atoms with Crippen LogP contribution in [0.3, 0.4) is 0 Å². The smallest absolute Gasteiger partial charge is 0.338 e. The van der Waals surface area contributed by atoms with Gasteiger partial charge in [0.1, 0.15) is 0 Å². The number of rotatable bonds is 3. The highest BCUT2D eigenvalue weighted by Crippen LogP contribution is 2.37. The van der Waals surface area contributed by atoms with Crippen LogP contribution < -0.4 is 0 Å². The van der Waals surface area contributed by atoms with Crippen LogP contribution in [-0.4, -0.2) is 23.3 Å². The summed E-state index contributed by atoms with van der Waals surface area (Å²) in [5, 5.41) is 10.2. The number of hydrogen-bond donors (Lipinski definition) is 1. The highest BCUT2D eigenvalue weighted by molar-refractivity contribution is 5.79. The predicted molar refractivity (Wildman–Crippen MR) is 58.4 cm³/mol. The Morgan fingerprint density at radius 2 is 2.27 bits per heavy atom. The third-order valence-corrected chi connectivity index (χ3v) is 3.36. The van der Waals surface area contributed by atoms with Crippen molar-refractivity contribution in [2.45, 2.75) is 52.1 Å². The minimum Gasteiger partial charge on any atom is -0.464 e. The topological polar surface area (TPSA) is 46.5 Å². The van der Waals surface area contributed by atoms with Gasteiger partial charge in [0.2, 0.25) is 0 Å². The Labute approximate surface area is 91.8 Å². The fourth-order valence-electron chi connectivity index (χ4n) is 2.31. The minimum absolute atomic E-state index is 0.341. The first-order chi connectivity index (χ1) is 6.99. The van der Waals surface area contributed by atoms with Gasteiger partial charge in [0.25, 0.3) is 0 Å². The zero-order valence-electron chi connectivity index (χ0n) is 9.95. The van der Waals surface area contributed by atoms with Crippen LogP contribution in [0.4, 0.5) is 0 Å². The molecule has 0 saturated heterocycles. The van der Waals surface area contributed by atoms with Crippen molar-refractivity contribution in [1.29, 1.82) is 0 Å². The van der Waals surface area contributed by atoms with Crippen LogP contribution in [0.25, 0.3) is 0 Å². The summed E-state index contributed by atoms with van der Waals surface area (Å²) in [6.45, 7) is 6.39. The molecular weight excluding hydrogens is 192 g/mol. The highest BCUT2D eigenvalue weighted by Gasteiger charge is 2.42. The Bertz CT molecular complexity index is 225. The van der Waals surface area contributed by atoms with E-state index in [4.69, 9.17) is 4.74 Å². The molecule has 1 saturated carbocycles. The molecule has 0 aromatic heterocycles. The molecule has 1 fully saturated rings. The molecule has 1 rings (SSSR count). The Morgan fingerprint density at radius 1 is 1.60 bits per heavy atom. The number of hydrogen-bond acceptors (Lipinski definition) is 3. The molecule has 0 amide bonds. The van der Waals surface area contributed by atoms with Crippen LogP contribution in [0, 0.1) is 11.8 Å². The lowest BCUT2D eigenvalue weighted by atomic mass is 9.73. The molecule has 15 heavy (non-hydrogen) atoms. The molecule has 0 aromatic carbocycles. The van der Waals surface area contributed by atoms with Crippen molar-refractivity contribution < 1.29 is 14.6 Å². The van der Waals surface area contributed by atoms with Gasteiger partial charge < -0.3 is 9.84 Å². The number of carbonyl (C=O) groups excluding carboxylic acids is 1. The molecule has 0 heterocycles. The molecule has 0 bridgehead atoms. The number of aliphatic hydroxyl groups is 1. The zero-order valence-corrected chi connectivity index (χ0v) is 9.95. The Kier molecular flexibility index (Phi) is 4.14. The molecule has 3 nitrogen and oxygen atoms in total. The molecule has 0 spiro atoms. The van der Waals surface area contributed by atoms with E-state index in [0.29, 0.717) is 31.3 Å². The third-order valence-electron chi connectivity index (χ3n) is 3.36. The average Bonchev–Trinajstić information content (AvgIpc) is 2.18. The minimum atomic E-state index is -1.22. The van der Waals surface area contributed by atoms with E-state index in [9.17, 15) is 9.90 Å². The van der Waals surface area contributed by atoms with Gasteiger partial charge in [-0.25, -0.2) is 4.79 Å².